The molecule has 2 aromatic carbocycles. The minimum atomic E-state index is 0.142. The number of aryl methyl sites for hydroxylation is 1. The lowest BCUT2D eigenvalue weighted by Gasteiger charge is -2.50. The predicted octanol–water partition coefficient (Wildman–Crippen LogP) is 5.66. The van der Waals surface area contributed by atoms with E-state index in [-0.39, 0.29) is 5.41 Å². The Kier molecular flexibility index (Phi) is 4.52. The van der Waals surface area contributed by atoms with Crippen LogP contribution in [0.25, 0.3) is 0 Å². The first-order valence-electron chi connectivity index (χ1n) is 9.89. The van der Waals surface area contributed by atoms with Crippen molar-refractivity contribution in [2.24, 2.45) is 5.92 Å². The standard InChI is InChI=1S/C24H28O2/c1-2-3-17-12-13-24(16-18-4-8-21(25)9-5-18)20(14-17)7-6-19-15-22(26)10-11-23(19)24/h3-5,8-11,15,20,25-26H,2,6-7,12-14,16H2,1H3/b17-3-/t20?,24-/m0/s1. The minimum Gasteiger partial charge on any atom is -0.508 e. The molecule has 2 heteroatoms. The molecule has 136 valence electrons. The molecular weight excluding hydrogens is 320 g/mol. The number of phenols is 2. The van der Waals surface area contributed by atoms with Crippen molar-refractivity contribution >= 4 is 0 Å². The molecule has 0 aliphatic heterocycles. The number of fused-ring (bicyclic) bond motifs is 3. The monoisotopic (exact) mass is 348 g/mol. The van der Waals surface area contributed by atoms with Crippen molar-refractivity contribution in [3.63, 3.8) is 0 Å². The van der Waals surface area contributed by atoms with Gasteiger partial charge in [0.2, 0.25) is 0 Å². The second-order valence-electron chi connectivity index (χ2n) is 8.05. The van der Waals surface area contributed by atoms with Gasteiger partial charge in [-0.05, 0) is 91.8 Å². The van der Waals surface area contributed by atoms with Gasteiger partial charge in [0.25, 0.3) is 0 Å². The Bertz CT molecular complexity index is 819. The fourth-order valence-electron chi connectivity index (χ4n) is 5.32. The van der Waals surface area contributed by atoms with Gasteiger partial charge >= 0.3 is 0 Å². The quantitative estimate of drug-likeness (QED) is 0.703. The zero-order valence-electron chi connectivity index (χ0n) is 15.5. The average molecular weight is 348 g/mol. The lowest BCUT2D eigenvalue weighted by Crippen LogP contribution is -2.44. The molecule has 0 amide bonds. The summed E-state index contributed by atoms with van der Waals surface area (Å²) in [5.41, 5.74) is 5.82. The van der Waals surface area contributed by atoms with Crippen molar-refractivity contribution in [3.8, 4) is 11.5 Å². The van der Waals surface area contributed by atoms with E-state index < -0.39 is 0 Å². The molecule has 2 aliphatic rings. The van der Waals surface area contributed by atoms with Crippen LogP contribution in [0, 0.1) is 5.92 Å². The van der Waals surface area contributed by atoms with E-state index in [9.17, 15) is 10.2 Å². The summed E-state index contributed by atoms with van der Waals surface area (Å²) >= 11 is 0. The van der Waals surface area contributed by atoms with Crippen LogP contribution in [-0.4, -0.2) is 10.2 Å². The Morgan fingerprint density at radius 3 is 2.58 bits per heavy atom. The number of rotatable bonds is 3. The Morgan fingerprint density at radius 1 is 1.04 bits per heavy atom. The first-order valence-corrected chi connectivity index (χ1v) is 9.89. The van der Waals surface area contributed by atoms with Crippen LogP contribution in [0.1, 0.15) is 55.7 Å². The molecule has 0 saturated heterocycles. The normalized spacial score (nSPS) is 26.3. The van der Waals surface area contributed by atoms with Gasteiger partial charge in [-0.2, -0.15) is 0 Å². The van der Waals surface area contributed by atoms with Crippen molar-refractivity contribution in [2.75, 3.05) is 0 Å². The molecule has 0 bridgehead atoms. The molecule has 2 aliphatic carbocycles. The molecule has 2 nitrogen and oxygen atoms in total. The van der Waals surface area contributed by atoms with E-state index >= 15 is 0 Å². The van der Waals surface area contributed by atoms with Crippen molar-refractivity contribution in [1.82, 2.24) is 0 Å². The number of allylic oxidation sites excluding steroid dienone is 2. The van der Waals surface area contributed by atoms with Gasteiger partial charge in [0.1, 0.15) is 11.5 Å². The number of aromatic hydroxyl groups is 2. The highest BCUT2D eigenvalue weighted by molar-refractivity contribution is 5.45. The third-order valence-electron chi connectivity index (χ3n) is 6.52. The van der Waals surface area contributed by atoms with E-state index in [1.807, 2.05) is 12.1 Å². The summed E-state index contributed by atoms with van der Waals surface area (Å²) in [6.07, 6.45) is 10.3. The first-order chi connectivity index (χ1) is 12.6. The zero-order valence-corrected chi connectivity index (χ0v) is 15.5. The van der Waals surface area contributed by atoms with Crippen LogP contribution in [0.3, 0.4) is 0 Å². The molecule has 0 radical (unpaired) electrons. The van der Waals surface area contributed by atoms with Gasteiger partial charge in [0, 0.05) is 5.41 Å². The third-order valence-corrected chi connectivity index (χ3v) is 6.52. The molecule has 0 spiro atoms. The van der Waals surface area contributed by atoms with Crippen molar-refractivity contribution in [3.05, 3.63) is 70.8 Å². The maximum absolute atomic E-state index is 9.96. The fourth-order valence-corrected chi connectivity index (χ4v) is 5.32. The molecule has 2 N–H and O–H groups in total. The van der Waals surface area contributed by atoms with E-state index in [1.54, 1.807) is 17.7 Å². The van der Waals surface area contributed by atoms with Gasteiger partial charge in [0.05, 0.1) is 0 Å². The molecule has 2 atom stereocenters. The van der Waals surface area contributed by atoms with Crippen LogP contribution in [0.4, 0.5) is 0 Å². The number of phenolic OH excluding ortho intramolecular Hbond substituents is 2. The van der Waals surface area contributed by atoms with Gasteiger partial charge in [-0.3, -0.25) is 0 Å². The highest BCUT2D eigenvalue weighted by Gasteiger charge is 2.46. The smallest absolute Gasteiger partial charge is 0.115 e. The molecule has 0 heterocycles. The minimum absolute atomic E-state index is 0.142. The highest BCUT2D eigenvalue weighted by atomic mass is 16.3. The van der Waals surface area contributed by atoms with Crippen LogP contribution in [0.2, 0.25) is 0 Å². The van der Waals surface area contributed by atoms with Crippen LogP contribution in [-0.2, 0) is 18.3 Å². The fraction of sp³-hybridized carbons (Fsp3) is 0.417. The molecule has 1 fully saturated rings. The summed E-state index contributed by atoms with van der Waals surface area (Å²) < 4.78 is 0. The van der Waals surface area contributed by atoms with Crippen LogP contribution in [0.15, 0.2) is 54.1 Å². The first kappa shape index (κ1) is 17.2. The van der Waals surface area contributed by atoms with Crippen LogP contribution < -0.4 is 0 Å². The maximum Gasteiger partial charge on any atom is 0.115 e. The summed E-state index contributed by atoms with van der Waals surface area (Å²) in [6.45, 7) is 2.23. The number of hydrogen-bond acceptors (Lipinski definition) is 2. The van der Waals surface area contributed by atoms with E-state index in [1.165, 1.54) is 42.4 Å². The van der Waals surface area contributed by atoms with E-state index in [0.29, 0.717) is 17.4 Å². The molecule has 1 saturated carbocycles. The Morgan fingerprint density at radius 2 is 1.81 bits per heavy atom. The van der Waals surface area contributed by atoms with Gasteiger partial charge < -0.3 is 10.2 Å². The van der Waals surface area contributed by atoms with E-state index in [0.717, 1.165) is 19.3 Å². The largest absolute Gasteiger partial charge is 0.508 e. The van der Waals surface area contributed by atoms with E-state index in [4.69, 9.17) is 0 Å². The van der Waals surface area contributed by atoms with Gasteiger partial charge in [-0.25, -0.2) is 0 Å². The van der Waals surface area contributed by atoms with E-state index in [2.05, 4.69) is 31.2 Å². The van der Waals surface area contributed by atoms with Gasteiger partial charge in [0.15, 0.2) is 0 Å². The Balaban J connectivity index is 1.77. The lowest BCUT2D eigenvalue weighted by atomic mass is 9.54. The summed E-state index contributed by atoms with van der Waals surface area (Å²) in [5.74, 6) is 1.36. The number of benzene rings is 2. The van der Waals surface area contributed by atoms with Crippen LogP contribution >= 0.6 is 0 Å². The predicted molar refractivity (Wildman–Crippen MR) is 106 cm³/mol. The molecule has 0 aromatic heterocycles. The summed E-state index contributed by atoms with van der Waals surface area (Å²) in [4.78, 5) is 0. The highest BCUT2D eigenvalue weighted by Crippen LogP contribution is 2.53. The molecule has 1 unspecified atom stereocenters. The van der Waals surface area contributed by atoms with Gasteiger partial charge in [-0.15, -0.1) is 0 Å². The molecule has 2 aromatic rings. The van der Waals surface area contributed by atoms with Crippen molar-refractivity contribution < 1.29 is 10.2 Å². The van der Waals surface area contributed by atoms with Gasteiger partial charge in [-0.1, -0.05) is 36.8 Å². The Hall–Kier alpha value is -2.22. The zero-order chi connectivity index (χ0) is 18.1. The SMILES string of the molecule is CC/C=C1/CC[C@@]2(Cc3ccc(O)cc3)c3ccc(O)cc3CCC2C1. The van der Waals surface area contributed by atoms with Crippen molar-refractivity contribution in [2.45, 2.75) is 57.3 Å². The summed E-state index contributed by atoms with van der Waals surface area (Å²) in [7, 11) is 0. The topological polar surface area (TPSA) is 40.5 Å². The second kappa shape index (κ2) is 6.83. The second-order valence-corrected chi connectivity index (χ2v) is 8.05. The maximum atomic E-state index is 9.96. The van der Waals surface area contributed by atoms with Crippen molar-refractivity contribution in [1.29, 1.82) is 0 Å². The average Bonchev–Trinajstić information content (AvgIpc) is 2.64. The summed E-state index contributed by atoms with van der Waals surface area (Å²) in [6, 6.07) is 13.7. The molecule has 26 heavy (non-hydrogen) atoms. The van der Waals surface area contributed by atoms with Crippen LogP contribution in [0.5, 0.6) is 11.5 Å². The Labute approximate surface area is 156 Å². The molecular formula is C24H28O2. The number of hydrogen-bond donors (Lipinski definition) is 2. The molecule has 4 rings (SSSR count). The third kappa shape index (κ3) is 3.02. The lowest BCUT2D eigenvalue weighted by molar-refractivity contribution is 0.186. The summed E-state index contributed by atoms with van der Waals surface area (Å²) in [5, 5.41) is 19.6.